The Morgan fingerprint density at radius 1 is 1.47 bits per heavy atom. The Bertz CT molecular complexity index is 408. The summed E-state index contributed by atoms with van der Waals surface area (Å²) in [5, 5.41) is 0.252. The maximum absolute atomic E-state index is 6.07. The van der Waals surface area contributed by atoms with Crippen LogP contribution in [0.25, 0.3) is 10.2 Å². The van der Waals surface area contributed by atoms with Crippen LogP contribution in [0.1, 0.15) is 13.3 Å². The Morgan fingerprint density at radius 2 is 2.27 bits per heavy atom. The number of hydrogen-bond acceptors (Lipinski definition) is 3. The molecule has 15 heavy (non-hydrogen) atoms. The van der Waals surface area contributed by atoms with E-state index in [9.17, 15) is 0 Å². The van der Waals surface area contributed by atoms with Crippen molar-refractivity contribution in [2.24, 2.45) is 0 Å². The molecule has 0 amide bonds. The van der Waals surface area contributed by atoms with Crippen LogP contribution in [0.5, 0.6) is 0 Å². The first-order chi connectivity index (χ1) is 7.29. The summed E-state index contributed by atoms with van der Waals surface area (Å²) in [5.74, 6) is 0.942. The molecule has 1 nitrogen and oxygen atoms in total. The number of para-hydroxylation sites is 1. The second-order valence-electron chi connectivity index (χ2n) is 3.26. The molecule has 0 radical (unpaired) electrons. The zero-order valence-electron chi connectivity index (χ0n) is 8.44. The molecule has 1 atom stereocenters. The van der Waals surface area contributed by atoms with E-state index in [0.29, 0.717) is 0 Å². The van der Waals surface area contributed by atoms with Gasteiger partial charge in [0.15, 0.2) is 4.34 Å². The summed E-state index contributed by atoms with van der Waals surface area (Å²) in [7, 11) is 0. The van der Waals surface area contributed by atoms with E-state index in [4.69, 9.17) is 11.6 Å². The quantitative estimate of drug-likeness (QED) is 0.595. The molecule has 0 saturated heterocycles. The van der Waals surface area contributed by atoms with Crippen molar-refractivity contribution in [2.45, 2.75) is 23.1 Å². The number of fused-ring (bicyclic) bond motifs is 1. The van der Waals surface area contributed by atoms with Gasteiger partial charge in [0, 0.05) is 11.1 Å². The van der Waals surface area contributed by atoms with Gasteiger partial charge in [0.25, 0.3) is 0 Å². The molecule has 4 heteroatoms. The summed E-state index contributed by atoms with van der Waals surface area (Å²) in [5.41, 5.74) is 1.09. The minimum atomic E-state index is 0.252. The van der Waals surface area contributed by atoms with Crippen LogP contribution in [-0.2, 0) is 0 Å². The topological polar surface area (TPSA) is 12.9 Å². The Hall–Kier alpha value is -0.250. The highest BCUT2D eigenvalue weighted by atomic mass is 35.5. The summed E-state index contributed by atoms with van der Waals surface area (Å²) in [4.78, 5) is 4.54. The number of hydrogen-bond donors (Lipinski definition) is 0. The third-order valence-corrected chi connectivity index (χ3v) is 5.09. The number of benzene rings is 1. The lowest BCUT2D eigenvalue weighted by Gasteiger charge is -2.02. The zero-order valence-corrected chi connectivity index (χ0v) is 10.8. The highest BCUT2D eigenvalue weighted by molar-refractivity contribution is 8.01. The molecule has 1 unspecified atom stereocenters. The highest BCUT2D eigenvalue weighted by Crippen LogP contribution is 2.30. The first-order valence-electron chi connectivity index (χ1n) is 4.92. The molecule has 1 aromatic heterocycles. The van der Waals surface area contributed by atoms with Gasteiger partial charge in [0.1, 0.15) is 0 Å². The molecule has 0 aliphatic carbocycles. The molecule has 0 saturated carbocycles. The number of halogens is 1. The standard InChI is InChI=1S/C11H12ClNS2/c1-2-8(12)7-14-11-13-9-5-3-4-6-10(9)15-11/h3-6,8H,2,7H2,1H3. The average Bonchev–Trinajstić information content (AvgIpc) is 2.68. The molecular weight excluding hydrogens is 246 g/mol. The predicted octanol–water partition coefficient (Wildman–Crippen LogP) is 4.41. The van der Waals surface area contributed by atoms with Crippen molar-refractivity contribution in [3.05, 3.63) is 24.3 Å². The first kappa shape index (κ1) is 11.2. The second kappa shape index (κ2) is 5.19. The molecule has 80 valence electrons. The third-order valence-electron chi connectivity index (χ3n) is 2.10. The highest BCUT2D eigenvalue weighted by Gasteiger charge is 2.06. The summed E-state index contributed by atoms with van der Waals surface area (Å²) in [6, 6.07) is 8.22. The minimum Gasteiger partial charge on any atom is -0.230 e. The SMILES string of the molecule is CCC(Cl)CSc1nc2ccccc2s1. The molecule has 2 aromatic rings. The Morgan fingerprint density at radius 3 is 3.00 bits per heavy atom. The van der Waals surface area contributed by atoms with Crippen LogP contribution in [0, 0.1) is 0 Å². The van der Waals surface area contributed by atoms with Crippen molar-refractivity contribution in [3.63, 3.8) is 0 Å². The molecule has 0 aliphatic rings. The molecule has 2 rings (SSSR count). The van der Waals surface area contributed by atoms with Gasteiger partial charge in [-0.05, 0) is 18.6 Å². The second-order valence-corrected chi connectivity index (χ2v) is 6.18. The molecular formula is C11H12ClNS2. The van der Waals surface area contributed by atoms with Gasteiger partial charge in [0.05, 0.1) is 10.2 Å². The number of nitrogens with zero attached hydrogens (tertiary/aromatic N) is 1. The molecule has 1 aromatic carbocycles. The number of aromatic nitrogens is 1. The molecule has 0 bridgehead atoms. The summed E-state index contributed by atoms with van der Waals surface area (Å²) in [6.45, 7) is 2.11. The van der Waals surface area contributed by atoms with Crippen molar-refractivity contribution in [2.75, 3.05) is 5.75 Å². The maximum atomic E-state index is 6.07. The monoisotopic (exact) mass is 257 g/mol. The lowest BCUT2D eigenvalue weighted by molar-refractivity contribution is 0.905. The van der Waals surface area contributed by atoms with Crippen LogP contribution < -0.4 is 0 Å². The van der Waals surface area contributed by atoms with Crippen molar-refractivity contribution < 1.29 is 0 Å². The molecule has 1 heterocycles. The van der Waals surface area contributed by atoms with Crippen molar-refractivity contribution >= 4 is 44.9 Å². The molecule has 0 aliphatic heterocycles. The number of thiazole rings is 1. The van der Waals surface area contributed by atoms with E-state index in [-0.39, 0.29) is 5.38 Å². The Balaban J connectivity index is 2.09. The fourth-order valence-corrected chi connectivity index (χ4v) is 3.51. The van der Waals surface area contributed by atoms with Gasteiger partial charge < -0.3 is 0 Å². The van der Waals surface area contributed by atoms with Gasteiger partial charge in [-0.15, -0.1) is 22.9 Å². The van der Waals surface area contributed by atoms with Crippen molar-refractivity contribution in [1.29, 1.82) is 0 Å². The number of thioether (sulfide) groups is 1. The number of rotatable bonds is 4. The van der Waals surface area contributed by atoms with Crippen LogP contribution in [0.15, 0.2) is 28.6 Å². The third kappa shape index (κ3) is 2.86. The van der Waals surface area contributed by atoms with E-state index in [2.05, 4.69) is 18.0 Å². The van der Waals surface area contributed by atoms with Gasteiger partial charge in [-0.3, -0.25) is 0 Å². The van der Waals surface area contributed by atoms with Crippen LogP contribution >= 0.6 is 34.7 Å². The fourth-order valence-electron chi connectivity index (χ4n) is 1.19. The summed E-state index contributed by atoms with van der Waals surface area (Å²) < 4.78 is 2.37. The van der Waals surface area contributed by atoms with Gasteiger partial charge >= 0.3 is 0 Å². The van der Waals surface area contributed by atoms with Gasteiger partial charge in [-0.2, -0.15) is 0 Å². The summed E-state index contributed by atoms with van der Waals surface area (Å²) >= 11 is 9.57. The van der Waals surface area contributed by atoms with Crippen molar-refractivity contribution in [3.8, 4) is 0 Å². The zero-order chi connectivity index (χ0) is 10.7. The van der Waals surface area contributed by atoms with E-state index in [1.54, 1.807) is 23.1 Å². The van der Waals surface area contributed by atoms with E-state index >= 15 is 0 Å². The first-order valence-corrected chi connectivity index (χ1v) is 7.16. The maximum Gasteiger partial charge on any atom is 0.151 e. The van der Waals surface area contributed by atoms with Gasteiger partial charge in [-0.1, -0.05) is 30.8 Å². The molecule has 0 spiro atoms. The predicted molar refractivity (Wildman–Crippen MR) is 70.3 cm³/mol. The van der Waals surface area contributed by atoms with Crippen molar-refractivity contribution in [1.82, 2.24) is 4.98 Å². The van der Waals surface area contributed by atoms with Gasteiger partial charge in [0.2, 0.25) is 0 Å². The fraction of sp³-hybridized carbons (Fsp3) is 0.364. The average molecular weight is 258 g/mol. The van der Waals surface area contributed by atoms with Gasteiger partial charge in [-0.25, -0.2) is 4.98 Å². The number of alkyl halides is 1. The van der Waals surface area contributed by atoms with Crippen LogP contribution in [0.3, 0.4) is 0 Å². The molecule has 0 fully saturated rings. The Labute approximate surface area is 103 Å². The summed E-state index contributed by atoms with van der Waals surface area (Å²) in [6.07, 6.45) is 1.01. The van der Waals surface area contributed by atoms with E-state index in [1.165, 1.54) is 4.70 Å². The lowest BCUT2D eigenvalue weighted by Crippen LogP contribution is -1.98. The van der Waals surface area contributed by atoms with E-state index in [0.717, 1.165) is 22.0 Å². The van der Waals surface area contributed by atoms with E-state index in [1.807, 2.05) is 18.2 Å². The largest absolute Gasteiger partial charge is 0.230 e. The molecule has 0 N–H and O–H groups in total. The van der Waals surface area contributed by atoms with Crippen LogP contribution in [-0.4, -0.2) is 16.1 Å². The van der Waals surface area contributed by atoms with Crippen LogP contribution in [0.2, 0.25) is 0 Å². The lowest BCUT2D eigenvalue weighted by atomic mass is 10.3. The normalized spacial score (nSPS) is 13.2. The Kier molecular flexibility index (Phi) is 3.89. The van der Waals surface area contributed by atoms with Crippen LogP contribution in [0.4, 0.5) is 0 Å². The van der Waals surface area contributed by atoms with E-state index < -0.39 is 0 Å². The minimum absolute atomic E-state index is 0.252. The smallest absolute Gasteiger partial charge is 0.151 e.